The van der Waals surface area contributed by atoms with Crippen LogP contribution in [0.15, 0.2) is 0 Å². The Labute approximate surface area is 67.0 Å². The zero-order valence-corrected chi connectivity index (χ0v) is 7.08. The summed E-state index contributed by atoms with van der Waals surface area (Å²) in [6.45, 7) is 3.42. The Morgan fingerprint density at radius 1 is 1.55 bits per heavy atom. The Balaban J connectivity index is 3.68. The molecule has 3 heteroatoms. The molecule has 0 aliphatic heterocycles. The van der Waals surface area contributed by atoms with Crippen LogP contribution in [0.2, 0.25) is 0 Å². The SMILES string of the molecule is CC[C@H](C)C(=O)CC(O)CO. The van der Waals surface area contributed by atoms with E-state index in [0.29, 0.717) is 0 Å². The number of rotatable bonds is 5. The second-order valence-electron chi connectivity index (χ2n) is 2.82. The average molecular weight is 160 g/mol. The number of hydrogen-bond donors (Lipinski definition) is 2. The molecule has 0 heterocycles. The van der Waals surface area contributed by atoms with Gasteiger partial charge in [-0.2, -0.15) is 0 Å². The Kier molecular flexibility index (Phi) is 5.07. The first-order valence-corrected chi connectivity index (χ1v) is 3.93. The van der Waals surface area contributed by atoms with Gasteiger partial charge in [-0.15, -0.1) is 0 Å². The molecule has 0 saturated carbocycles. The lowest BCUT2D eigenvalue weighted by molar-refractivity contribution is -0.124. The van der Waals surface area contributed by atoms with E-state index in [9.17, 15) is 4.79 Å². The van der Waals surface area contributed by atoms with Crippen LogP contribution in [0.1, 0.15) is 26.7 Å². The number of aliphatic hydroxyl groups excluding tert-OH is 2. The molecule has 66 valence electrons. The first-order valence-electron chi connectivity index (χ1n) is 3.93. The fourth-order valence-electron chi connectivity index (χ4n) is 0.726. The molecule has 2 N–H and O–H groups in total. The van der Waals surface area contributed by atoms with Gasteiger partial charge in [-0.1, -0.05) is 13.8 Å². The van der Waals surface area contributed by atoms with Crippen molar-refractivity contribution in [1.82, 2.24) is 0 Å². The van der Waals surface area contributed by atoms with Crippen molar-refractivity contribution in [2.24, 2.45) is 5.92 Å². The number of carbonyl (C=O) groups excluding carboxylic acids is 1. The highest BCUT2D eigenvalue weighted by Crippen LogP contribution is 2.06. The molecule has 0 amide bonds. The molecule has 0 saturated heterocycles. The van der Waals surface area contributed by atoms with Gasteiger partial charge in [0, 0.05) is 12.3 Å². The maximum Gasteiger partial charge on any atom is 0.138 e. The van der Waals surface area contributed by atoms with Crippen LogP contribution in [0.25, 0.3) is 0 Å². The van der Waals surface area contributed by atoms with Crippen molar-refractivity contribution in [2.75, 3.05) is 6.61 Å². The van der Waals surface area contributed by atoms with Gasteiger partial charge in [0.25, 0.3) is 0 Å². The molecule has 0 rings (SSSR count). The summed E-state index contributed by atoms with van der Waals surface area (Å²) >= 11 is 0. The maximum atomic E-state index is 11.1. The summed E-state index contributed by atoms with van der Waals surface area (Å²) in [5.74, 6) is 0.0188. The Bertz CT molecular complexity index is 123. The molecule has 0 bridgehead atoms. The third-order valence-corrected chi connectivity index (χ3v) is 1.81. The van der Waals surface area contributed by atoms with Crippen molar-refractivity contribution in [3.05, 3.63) is 0 Å². The van der Waals surface area contributed by atoms with Crippen LogP contribution < -0.4 is 0 Å². The third kappa shape index (κ3) is 4.11. The van der Waals surface area contributed by atoms with Gasteiger partial charge >= 0.3 is 0 Å². The highest BCUT2D eigenvalue weighted by atomic mass is 16.3. The number of Topliss-reactive ketones (excluding diaryl/α,β-unsaturated/α-hetero) is 1. The summed E-state index contributed by atoms with van der Waals surface area (Å²) in [6, 6.07) is 0. The molecule has 0 spiro atoms. The van der Waals surface area contributed by atoms with Gasteiger partial charge < -0.3 is 10.2 Å². The van der Waals surface area contributed by atoms with E-state index in [1.165, 1.54) is 0 Å². The predicted molar refractivity (Wildman–Crippen MR) is 42.2 cm³/mol. The average Bonchev–Trinajstić information content (AvgIpc) is 2.02. The van der Waals surface area contributed by atoms with E-state index in [0.717, 1.165) is 6.42 Å². The largest absolute Gasteiger partial charge is 0.394 e. The van der Waals surface area contributed by atoms with Crippen molar-refractivity contribution >= 4 is 5.78 Å². The van der Waals surface area contributed by atoms with Gasteiger partial charge in [-0.3, -0.25) is 4.79 Å². The van der Waals surface area contributed by atoms with E-state index in [2.05, 4.69) is 0 Å². The summed E-state index contributed by atoms with van der Waals surface area (Å²) < 4.78 is 0. The minimum absolute atomic E-state index is 0.00352. The van der Waals surface area contributed by atoms with Crippen LogP contribution >= 0.6 is 0 Å². The number of aliphatic hydroxyl groups is 2. The first kappa shape index (κ1) is 10.6. The van der Waals surface area contributed by atoms with Crippen LogP contribution in [0.3, 0.4) is 0 Å². The molecule has 11 heavy (non-hydrogen) atoms. The van der Waals surface area contributed by atoms with Gasteiger partial charge in [-0.05, 0) is 6.42 Å². The molecule has 0 fully saturated rings. The first-order chi connectivity index (χ1) is 5.11. The van der Waals surface area contributed by atoms with E-state index in [1.54, 1.807) is 0 Å². The van der Waals surface area contributed by atoms with E-state index in [4.69, 9.17) is 10.2 Å². The van der Waals surface area contributed by atoms with Crippen LogP contribution in [0.5, 0.6) is 0 Å². The van der Waals surface area contributed by atoms with E-state index in [1.807, 2.05) is 13.8 Å². The lowest BCUT2D eigenvalue weighted by Crippen LogP contribution is -2.21. The Morgan fingerprint density at radius 3 is 2.45 bits per heavy atom. The quantitative estimate of drug-likeness (QED) is 0.610. The molecule has 0 radical (unpaired) electrons. The highest BCUT2D eigenvalue weighted by molar-refractivity contribution is 5.80. The standard InChI is InChI=1S/C8H16O3/c1-3-6(2)8(11)4-7(10)5-9/h6-7,9-10H,3-5H2,1-2H3/t6-,7?/m0/s1. The van der Waals surface area contributed by atoms with Crippen LogP contribution in [-0.2, 0) is 4.79 Å². The summed E-state index contributed by atoms with van der Waals surface area (Å²) in [4.78, 5) is 11.1. The second kappa shape index (κ2) is 5.27. The molecule has 2 atom stereocenters. The fraction of sp³-hybridized carbons (Fsp3) is 0.875. The lowest BCUT2D eigenvalue weighted by Gasteiger charge is -2.09. The Morgan fingerprint density at radius 2 is 2.09 bits per heavy atom. The molecule has 0 aromatic heterocycles. The molecule has 3 nitrogen and oxygen atoms in total. The molecular weight excluding hydrogens is 144 g/mol. The molecule has 1 unspecified atom stereocenters. The van der Waals surface area contributed by atoms with Crippen molar-refractivity contribution in [3.8, 4) is 0 Å². The zero-order valence-electron chi connectivity index (χ0n) is 7.08. The number of hydrogen-bond acceptors (Lipinski definition) is 3. The van der Waals surface area contributed by atoms with E-state index < -0.39 is 6.10 Å². The van der Waals surface area contributed by atoms with Gasteiger partial charge in [0.05, 0.1) is 12.7 Å². The molecule has 0 aliphatic rings. The zero-order chi connectivity index (χ0) is 8.85. The number of ketones is 1. The van der Waals surface area contributed by atoms with Gasteiger partial charge in [0.15, 0.2) is 0 Å². The summed E-state index contributed by atoms with van der Waals surface area (Å²) in [7, 11) is 0. The minimum Gasteiger partial charge on any atom is -0.394 e. The topological polar surface area (TPSA) is 57.5 Å². The van der Waals surface area contributed by atoms with Crippen LogP contribution in [0.4, 0.5) is 0 Å². The predicted octanol–water partition coefficient (Wildman–Crippen LogP) is 0.345. The maximum absolute atomic E-state index is 11.1. The summed E-state index contributed by atoms with van der Waals surface area (Å²) in [5, 5.41) is 17.3. The third-order valence-electron chi connectivity index (χ3n) is 1.81. The van der Waals surface area contributed by atoms with E-state index in [-0.39, 0.29) is 24.7 Å². The molecule has 0 aromatic rings. The minimum atomic E-state index is -0.878. The van der Waals surface area contributed by atoms with Gasteiger partial charge in [0.2, 0.25) is 0 Å². The fourth-order valence-corrected chi connectivity index (χ4v) is 0.726. The van der Waals surface area contributed by atoms with Crippen LogP contribution in [-0.4, -0.2) is 28.7 Å². The van der Waals surface area contributed by atoms with Crippen LogP contribution in [0, 0.1) is 5.92 Å². The van der Waals surface area contributed by atoms with Crippen molar-refractivity contribution in [2.45, 2.75) is 32.8 Å². The number of carbonyl (C=O) groups is 1. The highest BCUT2D eigenvalue weighted by Gasteiger charge is 2.14. The summed E-state index contributed by atoms with van der Waals surface area (Å²) in [6.07, 6.45) is -0.0147. The molecule has 0 aliphatic carbocycles. The molecular formula is C8H16O3. The smallest absolute Gasteiger partial charge is 0.138 e. The molecule has 0 aromatic carbocycles. The van der Waals surface area contributed by atoms with Crippen molar-refractivity contribution in [1.29, 1.82) is 0 Å². The van der Waals surface area contributed by atoms with E-state index >= 15 is 0 Å². The monoisotopic (exact) mass is 160 g/mol. The van der Waals surface area contributed by atoms with Crippen molar-refractivity contribution < 1.29 is 15.0 Å². The second-order valence-corrected chi connectivity index (χ2v) is 2.82. The lowest BCUT2D eigenvalue weighted by atomic mass is 9.99. The Hall–Kier alpha value is -0.410. The van der Waals surface area contributed by atoms with Gasteiger partial charge in [0.1, 0.15) is 5.78 Å². The van der Waals surface area contributed by atoms with Crippen molar-refractivity contribution in [3.63, 3.8) is 0 Å². The van der Waals surface area contributed by atoms with Gasteiger partial charge in [-0.25, -0.2) is 0 Å². The normalized spacial score (nSPS) is 16.0. The summed E-state index contributed by atoms with van der Waals surface area (Å²) in [5.41, 5.74) is 0.